The zero-order valence-electron chi connectivity index (χ0n) is 18.1. The van der Waals surface area contributed by atoms with Gasteiger partial charge in [-0.1, -0.05) is 48.5 Å². The average molecular weight is 451 g/mol. The molecule has 1 fully saturated rings. The zero-order chi connectivity index (χ0) is 22.3. The maximum Gasteiger partial charge on any atom is 0.262 e. The highest BCUT2D eigenvalue weighted by Gasteiger charge is 2.40. The van der Waals surface area contributed by atoms with Crippen molar-refractivity contribution in [2.24, 2.45) is 7.05 Å². The van der Waals surface area contributed by atoms with E-state index in [1.807, 2.05) is 43.3 Å². The van der Waals surface area contributed by atoms with Gasteiger partial charge in [0.25, 0.3) is 10.0 Å². The lowest BCUT2D eigenvalue weighted by molar-refractivity contribution is 0.452. The molecule has 2 aromatic heterocycles. The molecule has 0 radical (unpaired) electrons. The van der Waals surface area contributed by atoms with E-state index in [4.69, 9.17) is 4.42 Å². The third kappa shape index (κ3) is 3.74. The van der Waals surface area contributed by atoms with Crippen LogP contribution in [0.1, 0.15) is 22.8 Å². The maximum absolute atomic E-state index is 13.2. The van der Waals surface area contributed by atoms with Gasteiger partial charge in [0, 0.05) is 55.8 Å². The fourth-order valence-electron chi connectivity index (χ4n) is 4.54. The molecule has 1 aliphatic heterocycles. The second-order valence-corrected chi connectivity index (χ2v) is 10.2. The zero-order valence-corrected chi connectivity index (χ0v) is 18.9. The molecule has 2 aromatic carbocycles. The van der Waals surface area contributed by atoms with Crippen molar-refractivity contribution in [3.63, 3.8) is 0 Å². The number of imidazole rings is 1. The Morgan fingerprint density at radius 2 is 1.84 bits per heavy atom. The Labute approximate surface area is 187 Å². The molecule has 0 amide bonds. The molecular formula is C24H26N4O3S. The Morgan fingerprint density at radius 1 is 1.09 bits per heavy atom. The highest BCUT2D eigenvalue weighted by Crippen LogP contribution is 2.32. The van der Waals surface area contributed by atoms with E-state index in [1.165, 1.54) is 6.33 Å². The molecule has 3 heterocycles. The molecule has 1 saturated heterocycles. The van der Waals surface area contributed by atoms with Crippen molar-refractivity contribution in [2.75, 3.05) is 13.1 Å². The minimum Gasteiger partial charge on any atom is -0.461 e. The molecular weight excluding hydrogens is 424 g/mol. The Hall–Kier alpha value is -2.94. The molecule has 1 N–H and O–H groups in total. The molecule has 0 aliphatic carbocycles. The fraction of sp³-hybridized carbons (Fsp3) is 0.292. The van der Waals surface area contributed by atoms with Crippen LogP contribution in [-0.4, -0.2) is 41.4 Å². The van der Waals surface area contributed by atoms with Gasteiger partial charge in [0.05, 0.1) is 6.33 Å². The number of nitrogens with one attached hydrogen (secondary N) is 1. The Bertz CT molecular complexity index is 1340. The first-order chi connectivity index (χ1) is 15.4. The molecule has 8 heteroatoms. The van der Waals surface area contributed by atoms with Crippen LogP contribution in [0.4, 0.5) is 0 Å². The highest BCUT2D eigenvalue weighted by molar-refractivity contribution is 7.89. The van der Waals surface area contributed by atoms with E-state index in [-0.39, 0.29) is 17.0 Å². The fourth-order valence-corrected chi connectivity index (χ4v) is 6.00. The molecule has 0 saturated carbocycles. The number of hydrogen-bond donors (Lipinski definition) is 1. The van der Waals surface area contributed by atoms with Crippen molar-refractivity contribution < 1.29 is 12.8 Å². The van der Waals surface area contributed by atoms with E-state index in [0.717, 1.165) is 27.9 Å². The Balaban J connectivity index is 1.43. The average Bonchev–Trinajstić information content (AvgIpc) is 3.50. The number of fused-ring (bicyclic) bond motifs is 1. The predicted molar refractivity (Wildman–Crippen MR) is 123 cm³/mol. The maximum atomic E-state index is 13.2. The van der Waals surface area contributed by atoms with Gasteiger partial charge < -0.3 is 14.3 Å². The summed E-state index contributed by atoms with van der Waals surface area (Å²) in [7, 11) is -1.90. The number of sulfonamides is 1. The van der Waals surface area contributed by atoms with Crippen LogP contribution in [-0.2, 0) is 23.6 Å². The summed E-state index contributed by atoms with van der Waals surface area (Å²) in [5.41, 5.74) is 3.10. The van der Waals surface area contributed by atoms with E-state index in [9.17, 15) is 8.42 Å². The summed E-state index contributed by atoms with van der Waals surface area (Å²) < 4.78 is 35.6. The van der Waals surface area contributed by atoms with E-state index in [0.29, 0.717) is 19.6 Å². The van der Waals surface area contributed by atoms with Crippen molar-refractivity contribution in [3.8, 4) is 0 Å². The smallest absolute Gasteiger partial charge is 0.262 e. The summed E-state index contributed by atoms with van der Waals surface area (Å²) in [6.45, 7) is 3.37. The van der Waals surface area contributed by atoms with Gasteiger partial charge >= 0.3 is 0 Å². The first-order valence-electron chi connectivity index (χ1n) is 10.7. The van der Waals surface area contributed by atoms with E-state index in [1.54, 1.807) is 22.1 Å². The Kier molecular flexibility index (Phi) is 5.36. The van der Waals surface area contributed by atoms with Crippen LogP contribution < -0.4 is 5.32 Å². The van der Waals surface area contributed by atoms with Crippen LogP contribution in [0.25, 0.3) is 11.0 Å². The van der Waals surface area contributed by atoms with Gasteiger partial charge in [0.2, 0.25) is 0 Å². The predicted octanol–water partition coefficient (Wildman–Crippen LogP) is 3.42. The standard InChI is InChI=1S/C24H26N4O3S/c1-17-20(19-10-6-7-11-23(19)31-17)12-25-22-14-28(13-21(22)18-8-4-3-5-9-18)32(29,30)24-15-27(2)16-26-24/h3-11,15-16,21-22,25H,12-14H2,1-2H3/t21-,22+/m1/s1. The third-order valence-corrected chi connectivity index (χ3v) is 7.96. The highest BCUT2D eigenvalue weighted by atomic mass is 32.2. The normalized spacial score (nSPS) is 19.7. The molecule has 4 aromatic rings. The molecule has 32 heavy (non-hydrogen) atoms. The first-order valence-corrected chi connectivity index (χ1v) is 12.1. The molecule has 0 spiro atoms. The first kappa shape index (κ1) is 20.9. The molecule has 0 bridgehead atoms. The van der Waals surface area contributed by atoms with Gasteiger partial charge in [-0.3, -0.25) is 0 Å². The lowest BCUT2D eigenvalue weighted by Gasteiger charge is -2.20. The van der Waals surface area contributed by atoms with Gasteiger partial charge in [0.15, 0.2) is 5.03 Å². The summed E-state index contributed by atoms with van der Waals surface area (Å²) in [6, 6.07) is 18.1. The Morgan fingerprint density at radius 3 is 2.59 bits per heavy atom. The molecule has 0 unspecified atom stereocenters. The minimum absolute atomic E-state index is 0.0353. The van der Waals surface area contributed by atoms with Crippen LogP contribution in [0.15, 0.2) is 76.6 Å². The number of rotatable bonds is 6. The van der Waals surface area contributed by atoms with E-state index in [2.05, 4.69) is 28.5 Å². The van der Waals surface area contributed by atoms with Crippen molar-refractivity contribution in [1.29, 1.82) is 0 Å². The SMILES string of the molecule is Cc1oc2ccccc2c1CN[C@H]1CN(S(=O)(=O)c2cn(C)cn2)C[C@@H]1c1ccccc1. The van der Waals surface area contributed by atoms with E-state index >= 15 is 0 Å². The molecule has 7 nitrogen and oxygen atoms in total. The van der Waals surface area contributed by atoms with Crippen LogP contribution in [0.5, 0.6) is 0 Å². The van der Waals surface area contributed by atoms with Crippen molar-refractivity contribution >= 4 is 21.0 Å². The summed E-state index contributed by atoms with van der Waals surface area (Å²) in [4.78, 5) is 4.09. The lowest BCUT2D eigenvalue weighted by atomic mass is 9.94. The third-order valence-electron chi connectivity index (χ3n) is 6.24. The number of aryl methyl sites for hydroxylation is 2. The number of hydrogen-bond acceptors (Lipinski definition) is 5. The van der Waals surface area contributed by atoms with Gasteiger partial charge in [0.1, 0.15) is 11.3 Å². The summed E-state index contributed by atoms with van der Waals surface area (Å²) in [6.07, 6.45) is 3.06. The van der Waals surface area contributed by atoms with Crippen LogP contribution in [0, 0.1) is 6.92 Å². The number of benzene rings is 2. The topological polar surface area (TPSA) is 80.4 Å². The van der Waals surface area contributed by atoms with Gasteiger partial charge in [-0.2, -0.15) is 4.31 Å². The van der Waals surface area contributed by atoms with Crippen LogP contribution >= 0.6 is 0 Å². The molecule has 2 atom stereocenters. The van der Waals surface area contributed by atoms with Crippen LogP contribution in [0.3, 0.4) is 0 Å². The molecule has 1 aliphatic rings. The quantitative estimate of drug-likeness (QED) is 0.487. The molecule has 5 rings (SSSR count). The van der Waals surface area contributed by atoms with Crippen LogP contribution in [0.2, 0.25) is 0 Å². The minimum atomic E-state index is -3.66. The van der Waals surface area contributed by atoms with Crippen molar-refractivity contribution in [2.45, 2.75) is 30.5 Å². The second-order valence-electron chi connectivity index (χ2n) is 8.34. The number of furan rings is 1. The second kappa shape index (κ2) is 8.20. The van der Waals surface area contributed by atoms with Gasteiger partial charge in [-0.15, -0.1) is 0 Å². The number of para-hydroxylation sites is 1. The van der Waals surface area contributed by atoms with Crippen molar-refractivity contribution in [1.82, 2.24) is 19.2 Å². The summed E-state index contributed by atoms with van der Waals surface area (Å²) in [5.74, 6) is 0.916. The largest absolute Gasteiger partial charge is 0.461 e. The summed E-state index contributed by atoms with van der Waals surface area (Å²) >= 11 is 0. The summed E-state index contributed by atoms with van der Waals surface area (Å²) in [5, 5.41) is 4.81. The van der Waals surface area contributed by atoms with Gasteiger partial charge in [-0.25, -0.2) is 13.4 Å². The number of nitrogens with zero attached hydrogens (tertiary/aromatic N) is 3. The molecule has 166 valence electrons. The van der Waals surface area contributed by atoms with E-state index < -0.39 is 10.0 Å². The van der Waals surface area contributed by atoms with Crippen molar-refractivity contribution in [3.05, 3.63) is 84.0 Å². The van der Waals surface area contributed by atoms with Gasteiger partial charge in [-0.05, 0) is 18.6 Å². The lowest BCUT2D eigenvalue weighted by Crippen LogP contribution is -2.36. The monoisotopic (exact) mass is 450 g/mol. The number of aromatic nitrogens is 2.